The lowest BCUT2D eigenvalue weighted by atomic mass is 10.0. The summed E-state index contributed by atoms with van der Waals surface area (Å²) in [6, 6.07) is 4.21. The van der Waals surface area contributed by atoms with Crippen LogP contribution in [0.4, 0.5) is 10.9 Å². The Kier molecular flexibility index (Phi) is 4.89. The molecular formula is C20H24N6OS. The molecule has 7 nitrogen and oxygen atoms in total. The van der Waals surface area contributed by atoms with Crippen molar-refractivity contribution in [3.05, 3.63) is 40.8 Å². The van der Waals surface area contributed by atoms with Gasteiger partial charge in [-0.3, -0.25) is 0 Å². The van der Waals surface area contributed by atoms with Gasteiger partial charge < -0.3 is 15.4 Å². The zero-order valence-corrected chi connectivity index (χ0v) is 17.4. The van der Waals surface area contributed by atoms with Crippen molar-refractivity contribution in [2.45, 2.75) is 40.2 Å². The third kappa shape index (κ3) is 3.52. The molecule has 0 radical (unpaired) electrons. The fourth-order valence-electron chi connectivity index (χ4n) is 3.50. The third-order valence-electron chi connectivity index (χ3n) is 4.85. The molecule has 2 N–H and O–H groups in total. The largest absolute Gasteiger partial charge is 0.491 e. The van der Waals surface area contributed by atoms with Crippen molar-refractivity contribution < 1.29 is 4.74 Å². The van der Waals surface area contributed by atoms with Crippen molar-refractivity contribution in [1.29, 1.82) is 0 Å². The molecule has 0 amide bonds. The van der Waals surface area contributed by atoms with Gasteiger partial charge in [-0.15, -0.1) is 10.2 Å². The molecular weight excluding hydrogens is 372 g/mol. The van der Waals surface area contributed by atoms with Crippen LogP contribution in [0, 0.1) is 13.8 Å². The molecule has 4 rings (SSSR count). The number of hydrogen-bond donors (Lipinski definition) is 1. The summed E-state index contributed by atoms with van der Waals surface area (Å²) in [5.74, 6) is 3.05. The SMILES string of the molecule is Cc1ncc(C(C)C)c(N2CCOc3c(C)cc(-c4nnc(N)s4)cc3C2)n1. The minimum Gasteiger partial charge on any atom is -0.491 e. The lowest BCUT2D eigenvalue weighted by molar-refractivity contribution is 0.329. The van der Waals surface area contributed by atoms with Crippen LogP contribution in [-0.2, 0) is 6.54 Å². The van der Waals surface area contributed by atoms with Crippen LogP contribution in [-0.4, -0.2) is 33.3 Å². The van der Waals surface area contributed by atoms with Crippen LogP contribution >= 0.6 is 11.3 Å². The number of benzene rings is 1. The normalized spacial score (nSPS) is 14.0. The van der Waals surface area contributed by atoms with Gasteiger partial charge >= 0.3 is 0 Å². The zero-order chi connectivity index (χ0) is 19.8. The summed E-state index contributed by atoms with van der Waals surface area (Å²) >= 11 is 1.39. The van der Waals surface area contributed by atoms with E-state index in [-0.39, 0.29) is 0 Å². The first-order chi connectivity index (χ1) is 13.4. The maximum Gasteiger partial charge on any atom is 0.203 e. The first-order valence-electron chi connectivity index (χ1n) is 9.36. The van der Waals surface area contributed by atoms with Gasteiger partial charge in [0.1, 0.15) is 29.0 Å². The average Bonchev–Trinajstić information content (AvgIpc) is 2.96. The Morgan fingerprint density at radius 2 is 2.04 bits per heavy atom. The highest BCUT2D eigenvalue weighted by Gasteiger charge is 2.23. The van der Waals surface area contributed by atoms with Gasteiger partial charge in [0.15, 0.2) is 0 Å². The van der Waals surface area contributed by atoms with Crippen LogP contribution in [0.15, 0.2) is 18.3 Å². The number of nitrogen functional groups attached to an aromatic ring is 1. The number of nitrogens with two attached hydrogens (primary N) is 1. The monoisotopic (exact) mass is 396 g/mol. The lowest BCUT2D eigenvalue weighted by Gasteiger charge is -2.25. The molecule has 1 aliphatic heterocycles. The van der Waals surface area contributed by atoms with Crippen molar-refractivity contribution in [1.82, 2.24) is 20.2 Å². The molecule has 3 heterocycles. The number of fused-ring (bicyclic) bond motifs is 1. The smallest absolute Gasteiger partial charge is 0.203 e. The Morgan fingerprint density at radius 3 is 2.75 bits per heavy atom. The van der Waals surface area contributed by atoms with E-state index in [1.807, 2.05) is 13.1 Å². The number of nitrogens with zero attached hydrogens (tertiary/aromatic N) is 5. The summed E-state index contributed by atoms with van der Waals surface area (Å²) in [4.78, 5) is 11.4. The van der Waals surface area contributed by atoms with Gasteiger partial charge in [-0.2, -0.15) is 0 Å². The maximum absolute atomic E-state index is 6.12. The van der Waals surface area contributed by atoms with E-state index in [1.165, 1.54) is 11.3 Å². The highest BCUT2D eigenvalue weighted by atomic mass is 32.1. The van der Waals surface area contributed by atoms with Crippen LogP contribution in [0.25, 0.3) is 10.6 Å². The first-order valence-corrected chi connectivity index (χ1v) is 10.2. The molecule has 0 fully saturated rings. The van der Waals surface area contributed by atoms with Crippen molar-refractivity contribution >= 4 is 22.3 Å². The second-order valence-corrected chi connectivity index (χ2v) is 8.36. The maximum atomic E-state index is 6.12. The van der Waals surface area contributed by atoms with Crippen molar-refractivity contribution in [2.24, 2.45) is 0 Å². The zero-order valence-electron chi connectivity index (χ0n) is 16.6. The molecule has 2 aromatic heterocycles. The predicted molar refractivity (Wildman–Crippen MR) is 112 cm³/mol. The van der Waals surface area contributed by atoms with E-state index in [0.29, 0.717) is 24.2 Å². The summed E-state index contributed by atoms with van der Waals surface area (Å²) in [5.41, 5.74) is 10.1. The summed E-state index contributed by atoms with van der Waals surface area (Å²) in [6.07, 6.45) is 1.95. The van der Waals surface area contributed by atoms with Gasteiger partial charge in [-0.05, 0) is 37.5 Å². The topological polar surface area (TPSA) is 90.0 Å². The van der Waals surface area contributed by atoms with Crippen LogP contribution in [0.2, 0.25) is 0 Å². The van der Waals surface area contributed by atoms with Gasteiger partial charge in [-0.25, -0.2) is 9.97 Å². The van der Waals surface area contributed by atoms with Crippen molar-refractivity contribution in [3.8, 4) is 16.3 Å². The lowest BCUT2D eigenvalue weighted by Crippen LogP contribution is -2.28. The third-order valence-corrected chi connectivity index (χ3v) is 5.65. The Hall–Kier alpha value is -2.74. The Labute approximate surface area is 168 Å². The molecule has 1 aliphatic rings. The fourth-order valence-corrected chi connectivity index (χ4v) is 4.09. The quantitative estimate of drug-likeness (QED) is 0.721. The molecule has 1 aromatic carbocycles. The molecule has 0 atom stereocenters. The fraction of sp³-hybridized carbons (Fsp3) is 0.400. The predicted octanol–water partition coefficient (Wildman–Crippen LogP) is 3.72. The number of rotatable bonds is 3. The van der Waals surface area contributed by atoms with E-state index >= 15 is 0 Å². The molecule has 0 saturated carbocycles. The number of hydrogen-bond acceptors (Lipinski definition) is 8. The average molecular weight is 397 g/mol. The molecule has 0 aliphatic carbocycles. The highest BCUT2D eigenvalue weighted by molar-refractivity contribution is 7.18. The number of aromatic nitrogens is 4. The number of anilines is 2. The number of aryl methyl sites for hydroxylation is 2. The van der Waals surface area contributed by atoms with Crippen LogP contribution < -0.4 is 15.4 Å². The number of ether oxygens (including phenoxy) is 1. The van der Waals surface area contributed by atoms with Gasteiger partial charge in [0.25, 0.3) is 0 Å². The van der Waals surface area contributed by atoms with Crippen molar-refractivity contribution in [2.75, 3.05) is 23.8 Å². The van der Waals surface area contributed by atoms with Gasteiger partial charge in [0, 0.05) is 29.4 Å². The minimum atomic E-state index is 0.344. The standard InChI is InChI=1S/C20H24N6OS/c1-11(2)16-9-22-13(4)23-18(16)26-5-6-27-17-12(3)7-14(8-15(17)10-26)19-24-25-20(21)28-19/h7-9,11H,5-6,10H2,1-4H3,(H2,21,25). The van der Waals surface area contributed by atoms with Gasteiger partial charge in [0.2, 0.25) is 5.13 Å². The Morgan fingerprint density at radius 1 is 1.21 bits per heavy atom. The van der Waals surface area contributed by atoms with E-state index in [0.717, 1.165) is 51.2 Å². The van der Waals surface area contributed by atoms with Crippen LogP contribution in [0.3, 0.4) is 0 Å². The Balaban J connectivity index is 1.76. The molecule has 28 heavy (non-hydrogen) atoms. The minimum absolute atomic E-state index is 0.344. The highest BCUT2D eigenvalue weighted by Crippen LogP contribution is 2.36. The van der Waals surface area contributed by atoms with E-state index < -0.39 is 0 Å². The van der Waals surface area contributed by atoms with E-state index in [4.69, 9.17) is 15.5 Å². The first kappa shape index (κ1) is 18.6. The second-order valence-electron chi connectivity index (χ2n) is 7.35. The molecule has 8 heteroatoms. The van der Waals surface area contributed by atoms with E-state index in [9.17, 15) is 0 Å². The molecule has 0 bridgehead atoms. The Bertz CT molecular complexity index is 1020. The molecule has 0 unspecified atom stereocenters. The van der Waals surface area contributed by atoms with E-state index in [1.54, 1.807) is 0 Å². The van der Waals surface area contributed by atoms with Gasteiger partial charge in [0.05, 0.1) is 6.54 Å². The summed E-state index contributed by atoms with van der Waals surface area (Å²) in [6.45, 7) is 10.4. The molecule has 146 valence electrons. The summed E-state index contributed by atoms with van der Waals surface area (Å²) in [5, 5.41) is 9.43. The molecule has 0 spiro atoms. The molecule has 3 aromatic rings. The summed E-state index contributed by atoms with van der Waals surface area (Å²) < 4.78 is 6.12. The van der Waals surface area contributed by atoms with Crippen LogP contribution in [0.5, 0.6) is 5.75 Å². The van der Waals surface area contributed by atoms with Crippen molar-refractivity contribution in [3.63, 3.8) is 0 Å². The molecule has 0 saturated heterocycles. The van der Waals surface area contributed by atoms with Gasteiger partial charge in [-0.1, -0.05) is 25.2 Å². The van der Waals surface area contributed by atoms with E-state index in [2.05, 4.69) is 53.0 Å². The second kappa shape index (κ2) is 7.35. The van der Waals surface area contributed by atoms with Crippen LogP contribution in [0.1, 0.15) is 42.3 Å². The summed E-state index contributed by atoms with van der Waals surface area (Å²) in [7, 11) is 0.